The predicted molar refractivity (Wildman–Crippen MR) is 257 cm³/mol. The normalized spacial score (nSPS) is 12.3. The van der Waals surface area contributed by atoms with Crippen molar-refractivity contribution in [1.29, 1.82) is 0 Å². The zero-order chi connectivity index (χ0) is 39.1. The lowest BCUT2D eigenvalue weighted by Crippen LogP contribution is -2.02. The number of thiophene rings is 2. The van der Waals surface area contributed by atoms with Crippen molar-refractivity contribution < 1.29 is 0 Å². The van der Waals surface area contributed by atoms with Crippen LogP contribution in [0.2, 0.25) is 0 Å². The molecule has 4 nitrogen and oxygen atoms in total. The fourth-order valence-corrected chi connectivity index (χ4v) is 12.4. The van der Waals surface area contributed by atoms with Crippen molar-refractivity contribution in [1.82, 2.24) is 19.1 Å². The average molecular weight is 799 g/mol. The number of nitrogens with zero attached hydrogens (tertiary/aromatic N) is 4. The molecule has 0 fully saturated rings. The minimum Gasteiger partial charge on any atom is -0.309 e. The molecule has 0 atom stereocenters. The number of aromatic nitrogens is 4. The van der Waals surface area contributed by atoms with Crippen molar-refractivity contribution in [2.75, 3.05) is 0 Å². The van der Waals surface area contributed by atoms with Gasteiger partial charge >= 0.3 is 0 Å². The number of rotatable bonds is 3. The fraction of sp³-hybridized carbons (Fsp3) is 0. The van der Waals surface area contributed by atoms with Crippen molar-refractivity contribution >= 4 is 128 Å². The minimum atomic E-state index is 0.674. The molecular formula is C54H30N4S2. The molecule has 5 aromatic heterocycles. The zero-order valence-corrected chi connectivity index (χ0v) is 33.6. The smallest absolute Gasteiger partial charge is 0.235 e. The molecule has 14 rings (SSSR count). The minimum absolute atomic E-state index is 0.674. The van der Waals surface area contributed by atoms with E-state index in [9.17, 15) is 0 Å². The molecule has 0 unspecified atom stereocenters. The Kier molecular flexibility index (Phi) is 6.56. The Bertz CT molecular complexity index is 4130. The number of benzene rings is 9. The molecule has 0 aliphatic rings. The van der Waals surface area contributed by atoms with Gasteiger partial charge in [0.25, 0.3) is 0 Å². The second-order valence-corrected chi connectivity index (χ2v) is 17.8. The zero-order valence-electron chi connectivity index (χ0n) is 31.9. The van der Waals surface area contributed by atoms with Gasteiger partial charge in [-0.25, -0.2) is 9.97 Å². The first-order chi connectivity index (χ1) is 29.8. The van der Waals surface area contributed by atoms with Gasteiger partial charge in [-0.2, -0.15) is 0 Å². The molecule has 5 heterocycles. The van der Waals surface area contributed by atoms with Crippen LogP contribution < -0.4 is 0 Å². The van der Waals surface area contributed by atoms with Gasteiger partial charge < -0.3 is 4.57 Å². The monoisotopic (exact) mass is 798 g/mol. The van der Waals surface area contributed by atoms with E-state index in [0.717, 1.165) is 49.1 Å². The van der Waals surface area contributed by atoms with Gasteiger partial charge in [0.15, 0.2) is 0 Å². The van der Waals surface area contributed by atoms with Crippen LogP contribution in [0.15, 0.2) is 182 Å². The molecule has 6 heteroatoms. The molecular weight excluding hydrogens is 769 g/mol. The summed E-state index contributed by atoms with van der Waals surface area (Å²) < 4.78 is 9.57. The van der Waals surface area contributed by atoms with Gasteiger partial charge in [0, 0.05) is 63.1 Å². The third-order valence-corrected chi connectivity index (χ3v) is 14.9. The van der Waals surface area contributed by atoms with Crippen LogP contribution in [-0.4, -0.2) is 19.1 Å². The first-order valence-corrected chi connectivity index (χ1v) is 21.9. The quantitative estimate of drug-likeness (QED) is 0.167. The van der Waals surface area contributed by atoms with Crippen molar-refractivity contribution in [2.45, 2.75) is 0 Å². The molecule has 278 valence electrons. The van der Waals surface area contributed by atoms with E-state index in [4.69, 9.17) is 9.97 Å². The maximum absolute atomic E-state index is 5.63. The summed E-state index contributed by atoms with van der Waals surface area (Å²) in [7, 11) is 0. The Labute approximate surface area is 350 Å². The molecule has 60 heavy (non-hydrogen) atoms. The fourth-order valence-electron chi connectivity index (χ4n) is 9.94. The Morgan fingerprint density at radius 3 is 1.92 bits per heavy atom. The lowest BCUT2D eigenvalue weighted by atomic mass is 9.97. The third kappa shape index (κ3) is 4.38. The molecule has 9 aromatic carbocycles. The maximum atomic E-state index is 5.63. The Morgan fingerprint density at radius 1 is 0.367 bits per heavy atom. The maximum Gasteiger partial charge on any atom is 0.235 e. The predicted octanol–water partition coefficient (Wildman–Crippen LogP) is 15.4. The summed E-state index contributed by atoms with van der Waals surface area (Å²) in [6.07, 6.45) is 0. The van der Waals surface area contributed by atoms with E-state index in [1.54, 1.807) is 11.3 Å². The second kappa shape index (κ2) is 12.1. The van der Waals surface area contributed by atoms with E-state index < -0.39 is 0 Å². The van der Waals surface area contributed by atoms with Crippen LogP contribution in [0.5, 0.6) is 0 Å². The van der Waals surface area contributed by atoms with E-state index in [2.05, 4.69) is 191 Å². The van der Waals surface area contributed by atoms with Gasteiger partial charge in [-0.1, -0.05) is 133 Å². The van der Waals surface area contributed by atoms with Gasteiger partial charge in [-0.15, -0.1) is 22.7 Å². The average Bonchev–Trinajstić information content (AvgIpc) is 4.06. The summed E-state index contributed by atoms with van der Waals surface area (Å²) >= 11 is 3.66. The summed E-state index contributed by atoms with van der Waals surface area (Å²) in [4.78, 5) is 11.1. The summed E-state index contributed by atoms with van der Waals surface area (Å²) in [6.45, 7) is 0. The number of para-hydroxylation sites is 3. The van der Waals surface area contributed by atoms with E-state index in [1.807, 2.05) is 11.3 Å². The third-order valence-electron chi connectivity index (χ3n) is 12.5. The highest BCUT2D eigenvalue weighted by Gasteiger charge is 2.23. The van der Waals surface area contributed by atoms with Crippen molar-refractivity contribution in [3.05, 3.63) is 182 Å². The molecule has 0 N–H and O–H groups in total. The van der Waals surface area contributed by atoms with Crippen LogP contribution in [0.4, 0.5) is 0 Å². The van der Waals surface area contributed by atoms with Crippen LogP contribution in [0, 0.1) is 0 Å². The molecule has 0 saturated carbocycles. The highest BCUT2D eigenvalue weighted by atomic mass is 32.1. The van der Waals surface area contributed by atoms with E-state index in [1.165, 1.54) is 73.5 Å². The van der Waals surface area contributed by atoms with Gasteiger partial charge in [0.2, 0.25) is 5.95 Å². The second-order valence-electron chi connectivity index (χ2n) is 15.7. The van der Waals surface area contributed by atoms with Gasteiger partial charge in [-0.05, 0) is 70.1 Å². The summed E-state index contributed by atoms with van der Waals surface area (Å²) in [5, 5.41) is 13.8. The highest BCUT2D eigenvalue weighted by Crippen LogP contribution is 2.47. The Hall–Kier alpha value is -7.38. The standard InChI is InChI=1S/C54H30N4S2/c1-2-13-34(14-3-1)57-41-19-9-6-16-36(41)37-26-24-33(30-44(37)57)50-53-51(39-18-8-11-21-45(39)59-53)56-54(55-50)58-42-20-10-7-17-38(42)48-43(58)28-27-40-49-46(60-52(40)48)29-25-32-23-22-31-12-4-5-15-35(31)47(32)49/h1-30H. The summed E-state index contributed by atoms with van der Waals surface area (Å²) in [6, 6.07) is 66.2. The molecule has 0 radical (unpaired) electrons. The molecule has 0 aliphatic carbocycles. The van der Waals surface area contributed by atoms with Crippen molar-refractivity contribution in [2.24, 2.45) is 0 Å². The lowest BCUT2D eigenvalue weighted by Gasteiger charge is -2.11. The van der Waals surface area contributed by atoms with Crippen LogP contribution >= 0.6 is 22.7 Å². The van der Waals surface area contributed by atoms with Crippen LogP contribution in [0.3, 0.4) is 0 Å². The number of hydrogen-bond acceptors (Lipinski definition) is 4. The van der Waals surface area contributed by atoms with Gasteiger partial charge in [0.1, 0.15) is 0 Å². The lowest BCUT2D eigenvalue weighted by molar-refractivity contribution is 1.02. The number of fused-ring (bicyclic) bond motifs is 17. The molecule has 0 amide bonds. The molecule has 0 aliphatic heterocycles. The summed E-state index contributed by atoms with van der Waals surface area (Å²) in [5.74, 6) is 0.674. The largest absolute Gasteiger partial charge is 0.309 e. The van der Waals surface area contributed by atoms with E-state index >= 15 is 0 Å². The molecule has 14 aromatic rings. The van der Waals surface area contributed by atoms with Crippen LogP contribution in [0.25, 0.3) is 129 Å². The molecule has 0 spiro atoms. The van der Waals surface area contributed by atoms with E-state index in [0.29, 0.717) is 5.95 Å². The topological polar surface area (TPSA) is 35.6 Å². The van der Waals surface area contributed by atoms with Gasteiger partial charge in [-0.3, -0.25) is 4.57 Å². The van der Waals surface area contributed by atoms with Gasteiger partial charge in [0.05, 0.1) is 38.0 Å². The molecule has 0 bridgehead atoms. The Morgan fingerprint density at radius 2 is 1.03 bits per heavy atom. The Balaban J connectivity index is 1.08. The number of hydrogen-bond donors (Lipinski definition) is 0. The van der Waals surface area contributed by atoms with Crippen LogP contribution in [0.1, 0.15) is 0 Å². The molecule has 0 saturated heterocycles. The SMILES string of the molecule is c1ccc(-n2c3ccccc3c3ccc(-c4nc(-n5c6ccccc6c6c7sc8ccc9ccc%10ccccc%10c9c8c7ccc65)nc5c4sc4ccccc45)cc32)cc1. The first kappa shape index (κ1) is 32.6. The van der Waals surface area contributed by atoms with Crippen LogP contribution in [-0.2, 0) is 0 Å². The van der Waals surface area contributed by atoms with Crippen molar-refractivity contribution in [3.63, 3.8) is 0 Å². The van der Waals surface area contributed by atoms with Crippen molar-refractivity contribution in [3.8, 4) is 22.9 Å². The first-order valence-electron chi connectivity index (χ1n) is 20.2. The highest BCUT2D eigenvalue weighted by molar-refractivity contribution is 7.27. The summed E-state index contributed by atoms with van der Waals surface area (Å²) in [5.41, 5.74) is 8.65. The van der Waals surface area contributed by atoms with E-state index in [-0.39, 0.29) is 0 Å².